The Kier molecular flexibility index (Phi) is 8.05. The van der Waals surface area contributed by atoms with Gasteiger partial charge in [-0.15, -0.1) is 0 Å². The van der Waals surface area contributed by atoms with E-state index < -0.39 is 0 Å². The first kappa shape index (κ1) is 20.2. The van der Waals surface area contributed by atoms with E-state index in [0.717, 1.165) is 22.5 Å². The first-order valence-corrected chi connectivity index (χ1v) is 9.41. The fraction of sp³-hybridized carbons (Fsp3) is 0.160. The number of allylic oxidation sites excluding steroid dienone is 2. The quantitative estimate of drug-likeness (QED) is 0.479. The number of hydrogen-bond donors (Lipinski definition) is 1. The Labute approximate surface area is 163 Å². The number of hydrogen-bond acceptors (Lipinski definition) is 2. The number of nitrogens with zero attached hydrogens (tertiary/aromatic N) is 1. The molecule has 0 aliphatic rings. The van der Waals surface area contributed by atoms with Crippen molar-refractivity contribution < 1.29 is 0 Å². The van der Waals surface area contributed by atoms with E-state index in [4.69, 9.17) is 0 Å². The first-order chi connectivity index (χ1) is 13.3. The Morgan fingerprint density at radius 1 is 0.741 bits per heavy atom. The third-order valence-electron chi connectivity index (χ3n) is 4.08. The Bertz CT molecular complexity index is 858. The van der Waals surface area contributed by atoms with E-state index in [0.29, 0.717) is 0 Å². The summed E-state index contributed by atoms with van der Waals surface area (Å²) in [5.74, 6) is 0. The fourth-order valence-electron chi connectivity index (χ4n) is 2.74. The highest BCUT2D eigenvalue weighted by Gasteiger charge is 2.00. The highest BCUT2D eigenvalue weighted by atomic mass is 14.9. The summed E-state index contributed by atoms with van der Waals surface area (Å²) in [6, 6.07) is 27.3. The van der Waals surface area contributed by atoms with Crippen LogP contribution in [0.3, 0.4) is 0 Å². The first-order valence-electron chi connectivity index (χ1n) is 9.41. The van der Waals surface area contributed by atoms with Crippen molar-refractivity contribution in [3.63, 3.8) is 0 Å². The Morgan fingerprint density at radius 3 is 1.78 bits per heavy atom. The molecule has 2 heteroatoms. The summed E-state index contributed by atoms with van der Waals surface area (Å²) >= 11 is 0. The van der Waals surface area contributed by atoms with E-state index in [1.165, 1.54) is 11.1 Å². The minimum atomic E-state index is 1.07. The molecule has 2 nitrogen and oxygen atoms in total. The van der Waals surface area contributed by atoms with Crippen molar-refractivity contribution in [2.75, 3.05) is 12.4 Å². The van der Waals surface area contributed by atoms with Gasteiger partial charge in [-0.05, 0) is 53.5 Å². The largest absolute Gasteiger partial charge is 0.356 e. The van der Waals surface area contributed by atoms with Crippen LogP contribution in [0, 0.1) is 0 Å². The Balaban J connectivity index is 0.00000126. The summed E-state index contributed by atoms with van der Waals surface area (Å²) in [6.07, 6.45) is 3.95. The minimum absolute atomic E-state index is 1.07. The minimum Gasteiger partial charge on any atom is -0.356 e. The highest BCUT2D eigenvalue weighted by molar-refractivity contribution is 6.09. The molecule has 0 aliphatic carbocycles. The standard InChI is InChI=1S/C23H22N2.C2H6/c1-3-18(17-24-2)20-9-13-22(14-10-20)25-23-15-11-21(12-16-23)19-7-5-4-6-8-19;1-2/h3-17,25H,1-2H3;1-2H3/b18-3+,24-17?;. The molecule has 138 valence electrons. The van der Waals surface area contributed by atoms with Gasteiger partial charge >= 0.3 is 0 Å². The van der Waals surface area contributed by atoms with E-state index in [-0.39, 0.29) is 0 Å². The van der Waals surface area contributed by atoms with Gasteiger partial charge in [0.2, 0.25) is 0 Å². The van der Waals surface area contributed by atoms with Crippen molar-refractivity contribution in [1.29, 1.82) is 0 Å². The van der Waals surface area contributed by atoms with Crippen LogP contribution in [0.5, 0.6) is 0 Å². The Hall–Kier alpha value is -3.13. The van der Waals surface area contributed by atoms with Gasteiger partial charge in [0.05, 0.1) is 0 Å². The molecule has 0 aliphatic heterocycles. The number of nitrogens with one attached hydrogen (secondary N) is 1. The number of anilines is 2. The molecule has 0 heterocycles. The monoisotopic (exact) mass is 356 g/mol. The molecule has 0 amide bonds. The van der Waals surface area contributed by atoms with Crippen LogP contribution < -0.4 is 5.32 Å². The predicted molar refractivity (Wildman–Crippen MR) is 121 cm³/mol. The van der Waals surface area contributed by atoms with Crippen LogP contribution in [0.4, 0.5) is 11.4 Å². The molecule has 0 radical (unpaired) electrons. The maximum Gasteiger partial charge on any atom is 0.0384 e. The van der Waals surface area contributed by atoms with Crippen LogP contribution >= 0.6 is 0 Å². The summed E-state index contributed by atoms with van der Waals surface area (Å²) in [4.78, 5) is 4.10. The van der Waals surface area contributed by atoms with E-state index in [9.17, 15) is 0 Å². The summed E-state index contributed by atoms with van der Waals surface area (Å²) < 4.78 is 0. The molecule has 0 bridgehead atoms. The molecule has 0 saturated carbocycles. The maximum absolute atomic E-state index is 4.10. The van der Waals surface area contributed by atoms with Crippen LogP contribution in [0.1, 0.15) is 26.3 Å². The molecule has 3 rings (SSSR count). The van der Waals surface area contributed by atoms with Crippen LogP contribution in [-0.2, 0) is 0 Å². The van der Waals surface area contributed by atoms with Crippen molar-refractivity contribution in [3.8, 4) is 11.1 Å². The molecule has 0 atom stereocenters. The van der Waals surface area contributed by atoms with E-state index in [1.54, 1.807) is 7.05 Å². The molecule has 0 aromatic heterocycles. The van der Waals surface area contributed by atoms with Crippen LogP contribution in [-0.4, -0.2) is 13.3 Å². The van der Waals surface area contributed by atoms with Crippen LogP contribution in [0.15, 0.2) is 89.9 Å². The second-order valence-electron chi connectivity index (χ2n) is 5.78. The van der Waals surface area contributed by atoms with Gasteiger partial charge < -0.3 is 5.32 Å². The van der Waals surface area contributed by atoms with Gasteiger partial charge in [0.25, 0.3) is 0 Å². The summed E-state index contributed by atoms with van der Waals surface area (Å²) in [6.45, 7) is 6.03. The summed E-state index contributed by atoms with van der Waals surface area (Å²) in [5.41, 5.74) is 6.89. The van der Waals surface area contributed by atoms with Gasteiger partial charge in [-0.25, -0.2) is 0 Å². The zero-order valence-electron chi connectivity index (χ0n) is 16.6. The lowest BCUT2D eigenvalue weighted by molar-refractivity contribution is 1.47. The van der Waals surface area contributed by atoms with Crippen molar-refractivity contribution in [2.24, 2.45) is 4.99 Å². The molecule has 0 fully saturated rings. The van der Waals surface area contributed by atoms with Gasteiger partial charge in [0, 0.05) is 24.6 Å². The fourth-order valence-corrected chi connectivity index (χ4v) is 2.74. The normalized spacial score (nSPS) is 11.0. The van der Waals surface area contributed by atoms with E-state index in [1.807, 2.05) is 33.1 Å². The molecule has 3 aromatic rings. The van der Waals surface area contributed by atoms with Gasteiger partial charge in [-0.2, -0.15) is 0 Å². The predicted octanol–water partition coefficient (Wildman–Crippen LogP) is 7.23. The Morgan fingerprint density at radius 2 is 1.26 bits per heavy atom. The molecule has 1 N–H and O–H groups in total. The van der Waals surface area contributed by atoms with Gasteiger partial charge in [0.1, 0.15) is 0 Å². The third-order valence-corrected chi connectivity index (χ3v) is 4.08. The van der Waals surface area contributed by atoms with Gasteiger partial charge in [-0.3, -0.25) is 4.99 Å². The lowest BCUT2D eigenvalue weighted by Crippen LogP contribution is -1.91. The second-order valence-corrected chi connectivity index (χ2v) is 5.78. The molecule has 0 saturated heterocycles. The average Bonchev–Trinajstić information content (AvgIpc) is 2.75. The number of aliphatic imine (C=N–C) groups is 1. The molecule has 0 unspecified atom stereocenters. The molecular formula is C25H28N2. The van der Waals surface area contributed by atoms with Gasteiger partial charge in [-0.1, -0.05) is 74.5 Å². The molecule has 0 spiro atoms. The SMILES string of the molecule is C/C=C(\C=NC)c1ccc(Nc2ccc(-c3ccccc3)cc2)cc1.CC. The molecule has 27 heavy (non-hydrogen) atoms. The van der Waals surface area contributed by atoms with Crippen molar-refractivity contribution in [1.82, 2.24) is 0 Å². The molecule has 3 aromatic carbocycles. The smallest absolute Gasteiger partial charge is 0.0384 e. The number of rotatable bonds is 5. The third kappa shape index (κ3) is 5.68. The van der Waals surface area contributed by atoms with Gasteiger partial charge in [0.15, 0.2) is 0 Å². The number of benzene rings is 3. The van der Waals surface area contributed by atoms with E-state index >= 15 is 0 Å². The van der Waals surface area contributed by atoms with Crippen LogP contribution in [0.2, 0.25) is 0 Å². The average molecular weight is 357 g/mol. The molecular weight excluding hydrogens is 328 g/mol. The van der Waals surface area contributed by atoms with Crippen molar-refractivity contribution >= 4 is 23.2 Å². The lowest BCUT2D eigenvalue weighted by Gasteiger charge is -2.09. The zero-order chi connectivity index (χ0) is 19.5. The zero-order valence-corrected chi connectivity index (χ0v) is 16.6. The summed E-state index contributed by atoms with van der Waals surface area (Å²) in [7, 11) is 1.79. The van der Waals surface area contributed by atoms with Crippen molar-refractivity contribution in [3.05, 3.63) is 90.5 Å². The van der Waals surface area contributed by atoms with Crippen molar-refractivity contribution in [2.45, 2.75) is 20.8 Å². The summed E-state index contributed by atoms with van der Waals surface area (Å²) in [5, 5.41) is 3.45. The highest BCUT2D eigenvalue weighted by Crippen LogP contribution is 2.24. The van der Waals surface area contributed by atoms with E-state index in [2.05, 4.69) is 89.2 Å². The topological polar surface area (TPSA) is 24.4 Å². The maximum atomic E-state index is 4.10. The van der Waals surface area contributed by atoms with Crippen LogP contribution in [0.25, 0.3) is 16.7 Å². The second kappa shape index (κ2) is 10.8. The lowest BCUT2D eigenvalue weighted by atomic mass is 10.1.